The van der Waals surface area contributed by atoms with Crippen molar-refractivity contribution in [3.63, 3.8) is 0 Å². The molecule has 1 N–H and O–H groups in total. The minimum absolute atomic E-state index is 0.172. The van der Waals surface area contributed by atoms with Gasteiger partial charge in [0.05, 0.1) is 26.4 Å². The quantitative estimate of drug-likeness (QED) is 0.537. The van der Waals surface area contributed by atoms with Gasteiger partial charge >= 0.3 is 5.97 Å². The Hall–Kier alpha value is -0.870. The lowest BCUT2D eigenvalue weighted by Crippen LogP contribution is -2.43. The van der Waals surface area contributed by atoms with Crippen LogP contribution in [0.25, 0.3) is 0 Å². The van der Waals surface area contributed by atoms with E-state index in [2.05, 4.69) is 6.92 Å². The van der Waals surface area contributed by atoms with Crippen LogP contribution >= 0.6 is 0 Å². The first-order valence-corrected chi connectivity index (χ1v) is 5.09. The Labute approximate surface area is 89.9 Å². The minimum atomic E-state index is -0.866. The Morgan fingerprint density at radius 3 is 2.73 bits per heavy atom. The average molecular weight is 214 g/mol. The first kappa shape index (κ1) is 12.2. The highest BCUT2D eigenvalue weighted by Gasteiger charge is 2.33. The van der Waals surface area contributed by atoms with Crippen molar-refractivity contribution in [1.82, 2.24) is 0 Å². The molecule has 0 aromatic heterocycles. The van der Waals surface area contributed by atoms with Crippen molar-refractivity contribution in [2.24, 2.45) is 5.41 Å². The summed E-state index contributed by atoms with van der Waals surface area (Å²) in [6, 6.07) is 0. The van der Waals surface area contributed by atoms with Crippen molar-refractivity contribution in [1.29, 1.82) is 0 Å². The summed E-state index contributed by atoms with van der Waals surface area (Å²) < 4.78 is 10.5. The van der Waals surface area contributed by atoms with Crippen molar-refractivity contribution < 1.29 is 19.4 Å². The number of carboxylic acid groups (broad SMARTS) is 1. The second-order valence-electron chi connectivity index (χ2n) is 4.34. The third kappa shape index (κ3) is 4.01. The van der Waals surface area contributed by atoms with E-state index in [0.29, 0.717) is 25.2 Å². The minimum Gasteiger partial charge on any atom is -0.478 e. The van der Waals surface area contributed by atoms with E-state index < -0.39 is 5.97 Å². The van der Waals surface area contributed by atoms with Crippen LogP contribution in [0.1, 0.15) is 20.3 Å². The fourth-order valence-corrected chi connectivity index (χ4v) is 1.30. The summed E-state index contributed by atoms with van der Waals surface area (Å²) in [6.45, 7) is 6.49. The van der Waals surface area contributed by atoms with Gasteiger partial charge in [0.2, 0.25) is 0 Å². The molecule has 0 amide bonds. The van der Waals surface area contributed by atoms with Gasteiger partial charge in [-0.25, -0.2) is 4.79 Å². The summed E-state index contributed by atoms with van der Waals surface area (Å²) >= 11 is 0. The van der Waals surface area contributed by atoms with E-state index in [1.165, 1.54) is 0 Å². The molecule has 1 aliphatic rings. The second-order valence-corrected chi connectivity index (χ2v) is 4.34. The van der Waals surface area contributed by atoms with Crippen LogP contribution < -0.4 is 0 Å². The fourth-order valence-electron chi connectivity index (χ4n) is 1.30. The maximum absolute atomic E-state index is 10.5. The van der Waals surface area contributed by atoms with Gasteiger partial charge in [0, 0.05) is 11.0 Å². The predicted octanol–water partition coefficient (Wildman–Crippen LogP) is 1.46. The molecule has 1 rings (SSSR count). The molecule has 0 radical (unpaired) electrons. The molecule has 4 heteroatoms. The summed E-state index contributed by atoms with van der Waals surface area (Å²) in [7, 11) is 0. The normalized spacial score (nSPS) is 19.7. The highest BCUT2D eigenvalue weighted by Crippen LogP contribution is 2.26. The van der Waals surface area contributed by atoms with Gasteiger partial charge < -0.3 is 14.6 Å². The van der Waals surface area contributed by atoms with Crippen LogP contribution in [0.4, 0.5) is 0 Å². The lowest BCUT2D eigenvalue weighted by atomic mass is 9.90. The van der Waals surface area contributed by atoms with Crippen molar-refractivity contribution >= 4 is 5.97 Å². The van der Waals surface area contributed by atoms with Gasteiger partial charge in [-0.2, -0.15) is 0 Å². The summed E-state index contributed by atoms with van der Waals surface area (Å²) in [5, 5.41) is 8.59. The molecule has 0 aromatic rings. The lowest BCUT2D eigenvalue weighted by molar-refractivity contribution is -0.137. The first-order valence-electron chi connectivity index (χ1n) is 5.09. The fraction of sp³-hybridized carbons (Fsp3) is 0.727. The number of aliphatic carboxylic acids is 1. The molecule has 1 fully saturated rings. The SMILES string of the molecule is CC(=CCCOCC1(C)COC1)C(=O)O. The Morgan fingerprint density at radius 1 is 1.60 bits per heavy atom. The second kappa shape index (κ2) is 5.28. The number of carboxylic acids is 1. The smallest absolute Gasteiger partial charge is 0.330 e. The summed E-state index contributed by atoms with van der Waals surface area (Å²) in [5.41, 5.74) is 0.544. The van der Waals surface area contributed by atoms with E-state index in [4.69, 9.17) is 14.6 Å². The molecule has 0 saturated carbocycles. The molecule has 1 saturated heterocycles. The van der Waals surface area contributed by atoms with E-state index in [-0.39, 0.29) is 5.41 Å². The van der Waals surface area contributed by atoms with Crippen LogP contribution in [-0.4, -0.2) is 37.5 Å². The van der Waals surface area contributed by atoms with Crippen LogP contribution in [0.3, 0.4) is 0 Å². The maximum Gasteiger partial charge on any atom is 0.330 e. The Bertz CT molecular complexity index is 253. The summed E-state index contributed by atoms with van der Waals surface area (Å²) in [6.07, 6.45) is 2.33. The molecule has 0 bridgehead atoms. The van der Waals surface area contributed by atoms with E-state index in [0.717, 1.165) is 13.2 Å². The summed E-state index contributed by atoms with van der Waals surface area (Å²) in [5.74, 6) is -0.866. The molecule has 0 atom stereocenters. The monoisotopic (exact) mass is 214 g/mol. The van der Waals surface area contributed by atoms with Crippen molar-refractivity contribution in [2.45, 2.75) is 20.3 Å². The highest BCUT2D eigenvalue weighted by molar-refractivity contribution is 5.85. The Morgan fingerprint density at radius 2 is 2.27 bits per heavy atom. The molecule has 4 nitrogen and oxygen atoms in total. The van der Waals surface area contributed by atoms with Gasteiger partial charge in [-0.05, 0) is 13.3 Å². The van der Waals surface area contributed by atoms with Crippen LogP contribution in [0.15, 0.2) is 11.6 Å². The van der Waals surface area contributed by atoms with Gasteiger partial charge in [0.15, 0.2) is 0 Å². The molecule has 1 heterocycles. The molecular formula is C11H18O4. The third-order valence-corrected chi connectivity index (χ3v) is 2.40. The Kier molecular flexibility index (Phi) is 4.29. The summed E-state index contributed by atoms with van der Waals surface area (Å²) in [4.78, 5) is 10.5. The first-order chi connectivity index (χ1) is 7.03. The standard InChI is InChI=1S/C11H18O4/c1-9(10(12)13)4-3-5-14-6-11(2)7-15-8-11/h4H,3,5-8H2,1-2H3,(H,12,13). The van der Waals surface area contributed by atoms with E-state index in [1.807, 2.05) is 0 Å². The van der Waals surface area contributed by atoms with Gasteiger partial charge in [-0.3, -0.25) is 0 Å². The Balaban J connectivity index is 2.06. The largest absolute Gasteiger partial charge is 0.478 e. The lowest BCUT2D eigenvalue weighted by Gasteiger charge is -2.37. The van der Waals surface area contributed by atoms with Gasteiger partial charge in [-0.15, -0.1) is 0 Å². The molecule has 0 aliphatic carbocycles. The van der Waals surface area contributed by atoms with Crippen LogP contribution in [0.2, 0.25) is 0 Å². The van der Waals surface area contributed by atoms with E-state index >= 15 is 0 Å². The zero-order chi connectivity index (χ0) is 11.3. The van der Waals surface area contributed by atoms with Crippen LogP contribution in [0, 0.1) is 5.41 Å². The molecular weight excluding hydrogens is 196 g/mol. The third-order valence-electron chi connectivity index (χ3n) is 2.40. The van der Waals surface area contributed by atoms with Crippen molar-refractivity contribution in [3.05, 3.63) is 11.6 Å². The molecule has 0 unspecified atom stereocenters. The topological polar surface area (TPSA) is 55.8 Å². The van der Waals surface area contributed by atoms with Crippen LogP contribution in [0.5, 0.6) is 0 Å². The molecule has 0 spiro atoms. The molecule has 86 valence electrons. The molecule has 1 aliphatic heterocycles. The van der Waals surface area contributed by atoms with Crippen molar-refractivity contribution in [3.8, 4) is 0 Å². The predicted molar refractivity (Wildman–Crippen MR) is 55.8 cm³/mol. The molecule has 0 aromatic carbocycles. The highest BCUT2D eigenvalue weighted by atomic mass is 16.5. The number of ether oxygens (including phenoxy) is 2. The average Bonchev–Trinajstić information content (AvgIpc) is 2.14. The van der Waals surface area contributed by atoms with Crippen molar-refractivity contribution in [2.75, 3.05) is 26.4 Å². The zero-order valence-electron chi connectivity index (χ0n) is 9.28. The number of rotatable bonds is 6. The number of hydrogen-bond donors (Lipinski definition) is 1. The van der Waals surface area contributed by atoms with Crippen LogP contribution in [-0.2, 0) is 14.3 Å². The van der Waals surface area contributed by atoms with E-state index in [9.17, 15) is 4.79 Å². The zero-order valence-corrected chi connectivity index (χ0v) is 9.28. The van der Waals surface area contributed by atoms with Gasteiger partial charge in [0.1, 0.15) is 0 Å². The maximum atomic E-state index is 10.5. The van der Waals surface area contributed by atoms with Gasteiger partial charge in [0.25, 0.3) is 0 Å². The number of hydrogen-bond acceptors (Lipinski definition) is 3. The molecule has 15 heavy (non-hydrogen) atoms. The van der Waals surface area contributed by atoms with E-state index in [1.54, 1.807) is 13.0 Å². The van der Waals surface area contributed by atoms with Gasteiger partial charge in [-0.1, -0.05) is 13.0 Å². The number of carbonyl (C=O) groups is 1.